The van der Waals surface area contributed by atoms with Crippen LogP contribution in [0.5, 0.6) is 0 Å². The lowest BCUT2D eigenvalue weighted by Crippen LogP contribution is -2.33. The number of nitrogens with zero attached hydrogens (tertiary/aromatic N) is 2. The fourth-order valence-electron chi connectivity index (χ4n) is 2.83. The van der Waals surface area contributed by atoms with Gasteiger partial charge in [-0.2, -0.15) is 4.31 Å². The Labute approximate surface area is 162 Å². The summed E-state index contributed by atoms with van der Waals surface area (Å²) in [5.74, 6) is 0.625. The molecule has 1 atom stereocenters. The quantitative estimate of drug-likeness (QED) is 0.754. The maximum Gasteiger partial charge on any atom is 0.244 e. The summed E-state index contributed by atoms with van der Waals surface area (Å²) in [5.41, 5.74) is 1.14. The fraction of sp³-hybridized carbons (Fsp3) is 0.222. The van der Waals surface area contributed by atoms with Crippen LogP contribution in [0.1, 0.15) is 18.5 Å². The molecule has 1 aliphatic heterocycles. The van der Waals surface area contributed by atoms with Crippen molar-refractivity contribution in [1.82, 2.24) is 9.29 Å². The van der Waals surface area contributed by atoms with E-state index in [2.05, 4.69) is 4.98 Å². The van der Waals surface area contributed by atoms with Gasteiger partial charge in [0.1, 0.15) is 0 Å². The summed E-state index contributed by atoms with van der Waals surface area (Å²) in [7, 11) is -3.80. The van der Waals surface area contributed by atoms with Crippen LogP contribution in [0.3, 0.4) is 0 Å². The summed E-state index contributed by atoms with van der Waals surface area (Å²) in [5, 5.41) is 0.345. The molecule has 0 N–H and O–H groups in total. The number of aromatic nitrogens is 1. The zero-order valence-corrected chi connectivity index (χ0v) is 16.4. The molecule has 0 bridgehead atoms. The minimum absolute atomic E-state index is 0.116. The molecule has 0 amide bonds. The van der Waals surface area contributed by atoms with Gasteiger partial charge in [0.05, 0.1) is 10.9 Å². The van der Waals surface area contributed by atoms with Crippen molar-refractivity contribution in [2.24, 2.45) is 0 Å². The standard InChI is InChI=1S/C18H17ClN2O3S2/c1-2-25-18(22)16-9-11-21(17(16)13-4-3-10-20-12-13)26(23,24)15-7-5-14(19)6-8-15/h3-10,12,17H,2,11H2,1H3/t17-/m1/s1. The molecular weight excluding hydrogens is 392 g/mol. The van der Waals surface area contributed by atoms with Crippen LogP contribution >= 0.6 is 23.4 Å². The highest BCUT2D eigenvalue weighted by molar-refractivity contribution is 8.14. The summed E-state index contributed by atoms with van der Waals surface area (Å²) < 4.78 is 27.7. The first kappa shape index (κ1) is 19.1. The number of sulfonamides is 1. The highest BCUT2D eigenvalue weighted by Crippen LogP contribution is 2.39. The van der Waals surface area contributed by atoms with Gasteiger partial charge in [0.25, 0.3) is 0 Å². The number of hydrogen-bond donors (Lipinski definition) is 0. The topological polar surface area (TPSA) is 67.3 Å². The summed E-state index contributed by atoms with van der Waals surface area (Å²) in [6.07, 6.45) is 4.90. The Balaban J connectivity index is 2.03. The monoisotopic (exact) mass is 408 g/mol. The second-order valence-corrected chi connectivity index (χ2v) is 9.16. The maximum absolute atomic E-state index is 13.2. The van der Waals surface area contributed by atoms with Gasteiger partial charge in [-0.3, -0.25) is 9.78 Å². The first-order valence-corrected chi connectivity index (χ1v) is 10.8. The third-order valence-corrected chi connectivity index (χ3v) is 6.89. The van der Waals surface area contributed by atoms with E-state index < -0.39 is 16.1 Å². The normalized spacial score (nSPS) is 17.9. The molecule has 3 rings (SSSR count). The van der Waals surface area contributed by atoms with Gasteiger partial charge in [0.15, 0.2) is 0 Å². The van der Waals surface area contributed by atoms with Crippen molar-refractivity contribution in [3.63, 3.8) is 0 Å². The molecule has 1 aromatic carbocycles. The minimum Gasteiger partial charge on any atom is -0.282 e. The lowest BCUT2D eigenvalue weighted by atomic mass is 10.0. The van der Waals surface area contributed by atoms with Gasteiger partial charge >= 0.3 is 0 Å². The molecule has 0 saturated carbocycles. The van der Waals surface area contributed by atoms with E-state index in [-0.39, 0.29) is 16.6 Å². The molecule has 0 unspecified atom stereocenters. The van der Waals surface area contributed by atoms with E-state index in [9.17, 15) is 13.2 Å². The van der Waals surface area contributed by atoms with Crippen molar-refractivity contribution >= 4 is 38.5 Å². The smallest absolute Gasteiger partial charge is 0.244 e. The Morgan fingerprint density at radius 2 is 2.04 bits per heavy atom. The fourth-order valence-corrected chi connectivity index (χ4v) is 5.12. The molecule has 2 heterocycles. The van der Waals surface area contributed by atoms with Gasteiger partial charge in [0, 0.05) is 29.5 Å². The van der Waals surface area contributed by atoms with E-state index >= 15 is 0 Å². The predicted molar refractivity (Wildman–Crippen MR) is 104 cm³/mol. The van der Waals surface area contributed by atoms with E-state index in [4.69, 9.17) is 11.6 Å². The highest BCUT2D eigenvalue weighted by atomic mass is 35.5. The highest BCUT2D eigenvalue weighted by Gasteiger charge is 2.40. The van der Waals surface area contributed by atoms with Gasteiger partial charge in [-0.15, -0.1) is 0 Å². The van der Waals surface area contributed by atoms with Crippen LogP contribution in [0, 0.1) is 0 Å². The van der Waals surface area contributed by atoms with Crippen molar-refractivity contribution < 1.29 is 13.2 Å². The van der Waals surface area contributed by atoms with Crippen molar-refractivity contribution in [2.45, 2.75) is 17.9 Å². The van der Waals surface area contributed by atoms with Crippen LogP contribution < -0.4 is 0 Å². The zero-order valence-electron chi connectivity index (χ0n) is 14.0. The largest absolute Gasteiger partial charge is 0.282 e. The number of carbonyl (C=O) groups excluding carboxylic acids is 1. The number of pyridine rings is 1. The molecule has 5 nitrogen and oxygen atoms in total. The van der Waals surface area contributed by atoms with E-state index in [0.29, 0.717) is 21.9 Å². The lowest BCUT2D eigenvalue weighted by molar-refractivity contribution is -0.108. The molecule has 0 fully saturated rings. The lowest BCUT2D eigenvalue weighted by Gasteiger charge is -2.26. The maximum atomic E-state index is 13.2. The zero-order chi connectivity index (χ0) is 18.7. The summed E-state index contributed by atoms with van der Waals surface area (Å²) in [6, 6.07) is 8.85. The first-order valence-electron chi connectivity index (χ1n) is 7.99. The van der Waals surface area contributed by atoms with Crippen LogP contribution in [-0.2, 0) is 14.8 Å². The van der Waals surface area contributed by atoms with Crippen LogP contribution in [0.25, 0.3) is 0 Å². The molecule has 2 aromatic rings. The molecule has 1 aliphatic rings. The number of thioether (sulfide) groups is 1. The van der Waals surface area contributed by atoms with E-state index in [1.165, 1.54) is 40.3 Å². The molecule has 0 aliphatic carbocycles. The van der Waals surface area contributed by atoms with E-state index in [1.807, 2.05) is 6.92 Å². The Morgan fingerprint density at radius 3 is 2.65 bits per heavy atom. The van der Waals surface area contributed by atoms with Crippen molar-refractivity contribution in [1.29, 1.82) is 0 Å². The summed E-state index contributed by atoms with van der Waals surface area (Å²) in [6.45, 7) is 2.02. The number of hydrogen-bond acceptors (Lipinski definition) is 5. The van der Waals surface area contributed by atoms with Crippen LogP contribution in [0.15, 0.2) is 65.3 Å². The molecule has 0 saturated heterocycles. The Morgan fingerprint density at radius 1 is 1.31 bits per heavy atom. The van der Waals surface area contributed by atoms with Gasteiger partial charge in [-0.1, -0.05) is 42.4 Å². The Kier molecular flexibility index (Phi) is 5.82. The van der Waals surface area contributed by atoms with Crippen molar-refractivity contribution in [3.05, 3.63) is 71.0 Å². The molecule has 136 valence electrons. The number of halogens is 1. The average molecular weight is 409 g/mol. The number of carbonyl (C=O) groups is 1. The Bertz CT molecular complexity index is 929. The van der Waals surface area contributed by atoms with Crippen LogP contribution in [0.4, 0.5) is 0 Å². The first-order chi connectivity index (χ1) is 12.4. The molecule has 26 heavy (non-hydrogen) atoms. The van der Waals surface area contributed by atoms with E-state index in [0.717, 1.165) is 0 Å². The second kappa shape index (κ2) is 7.92. The van der Waals surface area contributed by atoms with Gasteiger partial charge in [0.2, 0.25) is 15.1 Å². The van der Waals surface area contributed by atoms with Gasteiger partial charge < -0.3 is 0 Å². The SMILES string of the molecule is CCSC(=O)C1=CCN(S(=O)(=O)c2ccc(Cl)cc2)[C@@H]1c1cccnc1. The minimum atomic E-state index is -3.80. The third kappa shape index (κ3) is 3.71. The molecule has 1 aromatic heterocycles. The van der Waals surface area contributed by atoms with Crippen LogP contribution in [-0.4, -0.2) is 35.1 Å². The van der Waals surface area contributed by atoms with Crippen molar-refractivity contribution in [2.75, 3.05) is 12.3 Å². The van der Waals surface area contributed by atoms with E-state index in [1.54, 1.807) is 30.6 Å². The second-order valence-electron chi connectivity index (χ2n) is 5.60. The number of benzene rings is 1. The average Bonchev–Trinajstić information content (AvgIpc) is 3.09. The predicted octanol–water partition coefficient (Wildman–Crippen LogP) is 3.69. The Hall–Kier alpha value is -1.67. The molecule has 8 heteroatoms. The molecule has 0 spiro atoms. The number of rotatable bonds is 5. The van der Waals surface area contributed by atoms with Gasteiger partial charge in [-0.05, 0) is 41.6 Å². The van der Waals surface area contributed by atoms with Crippen LogP contribution in [0.2, 0.25) is 5.02 Å². The van der Waals surface area contributed by atoms with Gasteiger partial charge in [-0.25, -0.2) is 8.42 Å². The third-order valence-electron chi connectivity index (χ3n) is 4.01. The van der Waals surface area contributed by atoms with Crippen molar-refractivity contribution in [3.8, 4) is 0 Å². The summed E-state index contributed by atoms with van der Waals surface area (Å²) in [4.78, 5) is 16.7. The molecule has 0 radical (unpaired) electrons. The molecular formula is C18H17ClN2O3S2. The summed E-state index contributed by atoms with van der Waals surface area (Å²) >= 11 is 7.04.